The number of hydrogen-bond acceptors (Lipinski definition) is 4. The minimum atomic E-state index is 0.0979. The van der Waals surface area contributed by atoms with Crippen LogP contribution in [-0.4, -0.2) is 37.6 Å². The molecule has 1 aliphatic rings. The van der Waals surface area contributed by atoms with Gasteiger partial charge in [-0.2, -0.15) is 16.9 Å². The molecule has 2 unspecified atom stereocenters. The third-order valence-electron chi connectivity index (χ3n) is 2.71. The molecule has 2 heterocycles. The van der Waals surface area contributed by atoms with Gasteiger partial charge in [0.2, 0.25) is 0 Å². The fourth-order valence-electron chi connectivity index (χ4n) is 1.86. The number of nitrogens with zero attached hydrogens (tertiary/aromatic N) is 2. The van der Waals surface area contributed by atoms with E-state index in [4.69, 9.17) is 0 Å². The summed E-state index contributed by atoms with van der Waals surface area (Å²) in [5.74, 6) is 2.47. The smallest absolute Gasteiger partial charge is 0.194 e. The first-order valence-electron chi connectivity index (χ1n) is 5.53. The lowest BCUT2D eigenvalue weighted by atomic mass is 10.1. The van der Waals surface area contributed by atoms with Crippen molar-refractivity contribution in [3.8, 4) is 0 Å². The van der Waals surface area contributed by atoms with E-state index in [0.717, 1.165) is 23.7 Å². The molecule has 1 saturated heterocycles. The molecular formula is C11H16N2OS2. The van der Waals surface area contributed by atoms with Crippen molar-refractivity contribution in [2.24, 2.45) is 0 Å². The van der Waals surface area contributed by atoms with Crippen LogP contribution in [0, 0.1) is 0 Å². The number of ketones is 1. The Bertz CT molecular complexity index is 378. The molecule has 0 amide bonds. The maximum atomic E-state index is 12.4. The van der Waals surface area contributed by atoms with Gasteiger partial charge in [-0.05, 0) is 13.0 Å². The average Bonchev–Trinajstić information content (AvgIpc) is 2.77. The Labute approximate surface area is 104 Å². The van der Waals surface area contributed by atoms with Crippen molar-refractivity contribution >= 4 is 29.3 Å². The Morgan fingerprint density at radius 2 is 2.31 bits per heavy atom. The lowest BCUT2D eigenvalue weighted by Crippen LogP contribution is -2.32. The van der Waals surface area contributed by atoms with Gasteiger partial charge in [0.1, 0.15) is 5.69 Å². The summed E-state index contributed by atoms with van der Waals surface area (Å²) in [6.07, 6.45) is 1.71. The van der Waals surface area contributed by atoms with Gasteiger partial charge in [0.15, 0.2) is 5.78 Å². The highest BCUT2D eigenvalue weighted by Gasteiger charge is 2.31. The molecule has 2 rings (SSSR count). The SMILES string of the molecule is CCn1nccc1C(=O)C1SCCSC1C. The Morgan fingerprint density at radius 1 is 1.56 bits per heavy atom. The summed E-state index contributed by atoms with van der Waals surface area (Å²) in [6.45, 7) is 4.91. The van der Waals surface area contributed by atoms with E-state index in [1.54, 1.807) is 22.6 Å². The second-order valence-corrected chi connectivity index (χ2v) is 6.50. The van der Waals surface area contributed by atoms with Crippen LogP contribution < -0.4 is 0 Å². The third kappa shape index (κ3) is 2.30. The number of aryl methyl sites for hydroxylation is 1. The summed E-state index contributed by atoms with van der Waals surface area (Å²) in [6, 6.07) is 1.83. The van der Waals surface area contributed by atoms with Crippen molar-refractivity contribution in [1.82, 2.24) is 9.78 Å². The van der Waals surface area contributed by atoms with Crippen LogP contribution in [0.2, 0.25) is 0 Å². The summed E-state index contributed by atoms with van der Waals surface area (Å²) in [5, 5.41) is 4.66. The number of thioether (sulfide) groups is 2. The molecule has 0 saturated carbocycles. The van der Waals surface area contributed by atoms with Crippen LogP contribution in [0.3, 0.4) is 0 Å². The molecule has 0 aromatic carbocycles. The molecule has 0 bridgehead atoms. The molecular weight excluding hydrogens is 240 g/mol. The van der Waals surface area contributed by atoms with Gasteiger partial charge in [0.25, 0.3) is 0 Å². The van der Waals surface area contributed by atoms with Crippen molar-refractivity contribution in [2.75, 3.05) is 11.5 Å². The number of rotatable bonds is 3. The van der Waals surface area contributed by atoms with Crippen molar-refractivity contribution in [2.45, 2.75) is 30.9 Å². The van der Waals surface area contributed by atoms with Crippen LogP contribution in [0.5, 0.6) is 0 Å². The van der Waals surface area contributed by atoms with Gasteiger partial charge in [-0.1, -0.05) is 6.92 Å². The standard InChI is InChI=1S/C11H16N2OS2/c1-3-13-9(4-5-12-13)10(14)11-8(2)15-6-7-16-11/h4-5,8,11H,3,6-7H2,1-2H3. The summed E-state index contributed by atoms with van der Waals surface area (Å²) in [4.78, 5) is 12.4. The van der Waals surface area contributed by atoms with Crippen LogP contribution in [0.4, 0.5) is 0 Å². The molecule has 1 aliphatic heterocycles. The van der Waals surface area contributed by atoms with Gasteiger partial charge in [-0.3, -0.25) is 9.48 Å². The van der Waals surface area contributed by atoms with Crippen LogP contribution in [0.25, 0.3) is 0 Å². The lowest BCUT2D eigenvalue weighted by Gasteiger charge is -2.26. The molecule has 1 fully saturated rings. The number of carbonyl (C=O) groups excluding carboxylic acids is 1. The average molecular weight is 256 g/mol. The second-order valence-electron chi connectivity index (χ2n) is 3.76. The Balaban J connectivity index is 2.17. The Hall–Kier alpha value is -0.420. The van der Waals surface area contributed by atoms with E-state index in [1.807, 2.05) is 24.8 Å². The quantitative estimate of drug-likeness (QED) is 0.777. The summed E-state index contributed by atoms with van der Waals surface area (Å²) >= 11 is 3.68. The van der Waals surface area contributed by atoms with Crippen LogP contribution >= 0.6 is 23.5 Å². The first-order valence-corrected chi connectivity index (χ1v) is 7.63. The van der Waals surface area contributed by atoms with Crippen LogP contribution in [0.15, 0.2) is 12.3 Å². The highest BCUT2D eigenvalue weighted by atomic mass is 32.2. The van der Waals surface area contributed by atoms with Gasteiger partial charge in [0.05, 0.1) is 5.25 Å². The normalized spacial score (nSPS) is 25.6. The van der Waals surface area contributed by atoms with E-state index >= 15 is 0 Å². The van der Waals surface area contributed by atoms with Crippen molar-refractivity contribution in [3.05, 3.63) is 18.0 Å². The fourth-order valence-corrected chi connectivity index (χ4v) is 4.57. The van der Waals surface area contributed by atoms with Crippen molar-refractivity contribution in [3.63, 3.8) is 0 Å². The predicted molar refractivity (Wildman–Crippen MR) is 70.4 cm³/mol. The molecule has 1 aromatic rings. The molecule has 5 heteroatoms. The lowest BCUT2D eigenvalue weighted by molar-refractivity contribution is 0.0979. The zero-order valence-corrected chi connectivity index (χ0v) is 11.2. The highest BCUT2D eigenvalue weighted by molar-refractivity contribution is 8.07. The first-order chi connectivity index (χ1) is 7.74. The zero-order valence-electron chi connectivity index (χ0n) is 9.55. The van der Waals surface area contributed by atoms with Crippen LogP contribution in [-0.2, 0) is 6.54 Å². The maximum absolute atomic E-state index is 12.4. The minimum absolute atomic E-state index is 0.0979. The second kappa shape index (κ2) is 5.27. The van der Waals surface area contributed by atoms with Crippen LogP contribution in [0.1, 0.15) is 24.3 Å². The molecule has 2 atom stereocenters. The molecule has 0 N–H and O–H groups in total. The Morgan fingerprint density at radius 3 is 3.00 bits per heavy atom. The van der Waals surface area contributed by atoms with Crippen molar-refractivity contribution < 1.29 is 4.79 Å². The maximum Gasteiger partial charge on any atom is 0.194 e. The van der Waals surface area contributed by atoms with Gasteiger partial charge in [-0.15, -0.1) is 11.8 Å². The van der Waals surface area contributed by atoms with Gasteiger partial charge in [-0.25, -0.2) is 0 Å². The molecule has 16 heavy (non-hydrogen) atoms. The minimum Gasteiger partial charge on any atom is -0.291 e. The largest absolute Gasteiger partial charge is 0.291 e. The van der Waals surface area contributed by atoms with E-state index in [1.165, 1.54) is 0 Å². The van der Waals surface area contributed by atoms with E-state index in [-0.39, 0.29) is 11.0 Å². The molecule has 88 valence electrons. The van der Waals surface area contributed by atoms with E-state index < -0.39 is 0 Å². The number of hydrogen-bond donors (Lipinski definition) is 0. The van der Waals surface area contributed by atoms with Gasteiger partial charge >= 0.3 is 0 Å². The van der Waals surface area contributed by atoms with E-state index in [0.29, 0.717) is 5.25 Å². The molecule has 0 radical (unpaired) electrons. The summed E-state index contributed by atoms with van der Waals surface area (Å²) in [5.41, 5.74) is 0.759. The number of carbonyl (C=O) groups is 1. The monoisotopic (exact) mass is 256 g/mol. The van der Waals surface area contributed by atoms with E-state index in [9.17, 15) is 4.79 Å². The topological polar surface area (TPSA) is 34.9 Å². The first kappa shape index (κ1) is 12.0. The predicted octanol–water partition coefficient (Wildman–Crippen LogP) is 2.32. The summed E-state index contributed by atoms with van der Waals surface area (Å²) in [7, 11) is 0. The molecule has 0 aliphatic carbocycles. The number of Topliss-reactive ketones (excluding diaryl/α,β-unsaturated/α-hetero) is 1. The van der Waals surface area contributed by atoms with Gasteiger partial charge < -0.3 is 0 Å². The highest BCUT2D eigenvalue weighted by Crippen LogP contribution is 2.32. The molecule has 0 spiro atoms. The summed E-state index contributed by atoms with van der Waals surface area (Å²) < 4.78 is 1.79. The van der Waals surface area contributed by atoms with Gasteiger partial charge in [0, 0.05) is 29.5 Å². The van der Waals surface area contributed by atoms with Crippen molar-refractivity contribution in [1.29, 1.82) is 0 Å². The van der Waals surface area contributed by atoms with E-state index in [2.05, 4.69) is 12.0 Å². The molecule has 3 nitrogen and oxygen atoms in total. The zero-order chi connectivity index (χ0) is 11.5. The molecule has 1 aromatic heterocycles. The third-order valence-corrected chi connectivity index (χ3v) is 5.80. The Kier molecular flexibility index (Phi) is 3.97. The fraction of sp³-hybridized carbons (Fsp3) is 0.636. The number of aromatic nitrogens is 2.